The molecule has 104 valence electrons. The van der Waals surface area contributed by atoms with Gasteiger partial charge < -0.3 is 14.9 Å². The number of carbonyl (C=O) groups is 2. The largest absolute Gasteiger partial charge is 0.481 e. The summed E-state index contributed by atoms with van der Waals surface area (Å²) < 4.78 is 0. The van der Waals surface area contributed by atoms with E-state index in [1.165, 1.54) is 0 Å². The Balaban J connectivity index is 2.36. The molecule has 0 saturated heterocycles. The van der Waals surface area contributed by atoms with Gasteiger partial charge in [0.1, 0.15) is 0 Å². The zero-order valence-corrected chi connectivity index (χ0v) is 11.4. The van der Waals surface area contributed by atoms with Gasteiger partial charge in [0.2, 0.25) is 0 Å². The molecule has 1 rings (SSSR count). The fraction of sp³-hybridized carbons (Fsp3) is 0.846. The van der Waals surface area contributed by atoms with E-state index in [1.54, 1.807) is 11.9 Å². The lowest BCUT2D eigenvalue weighted by Gasteiger charge is -2.28. The van der Waals surface area contributed by atoms with Crippen molar-refractivity contribution in [1.82, 2.24) is 9.80 Å². The van der Waals surface area contributed by atoms with E-state index in [0.717, 1.165) is 32.2 Å². The Kier molecular flexibility index (Phi) is 5.95. The average Bonchev–Trinajstić information content (AvgIpc) is 3.13. The van der Waals surface area contributed by atoms with Gasteiger partial charge >= 0.3 is 12.0 Å². The van der Waals surface area contributed by atoms with E-state index in [4.69, 9.17) is 5.11 Å². The minimum atomic E-state index is -0.805. The molecule has 0 aromatic heterocycles. The Bertz CT molecular complexity index is 290. The quantitative estimate of drug-likeness (QED) is 0.724. The van der Waals surface area contributed by atoms with Gasteiger partial charge in [-0.1, -0.05) is 13.3 Å². The standard InChI is InChI=1S/C13H24N2O3/c1-3-4-10-15(11-7-8-11)13(18)14(2)9-5-6-12(16)17/h11H,3-10H2,1-2H3,(H,16,17). The number of hydrogen-bond acceptors (Lipinski definition) is 2. The number of nitrogens with zero attached hydrogens (tertiary/aromatic N) is 2. The van der Waals surface area contributed by atoms with E-state index in [0.29, 0.717) is 19.0 Å². The number of carbonyl (C=O) groups excluding carboxylic acids is 1. The molecule has 0 radical (unpaired) electrons. The van der Waals surface area contributed by atoms with Crippen molar-refractivity contribution in [2.75, 3.05) is 20.1 Å². The van der Waals surface area contributed by atoms with Crippen LogP contribution in [0.25, 0.3) is 0 Å². The molecule has 0 aromatic rings. The van der Waals surface area contributed by atoms with E-state index in [2.05, 4.69) is 6.92 Å². The molecule has 5 nitrogen and oxygen atoms in total. The Morgan fingerprint density at radius 2 is 1.89 bits per heavy atom. The Labute approximate surface area is 109 Å². The molecular formula is C13H24N2O3. The van der Waals surface area contributed by atoms with Crippen molar-refractivity contribution in [3.05, 3.63) is 0 Å². The molecule has 0 bridgehead atoms. The number of urea groups is 1. The summed E-state index contributed by atoms with van der Waals surface area (Å²) in [4.78, 5) is 26.2. The summed E-state index contributed by atoms with van der Waals surface area (Å²) in [7, 11) is 1.76. The topological polar surface area (TPSA) is 60.9 Å². The number of hydrogen-bond donors (Lipinski definition) is 1. The summed E-state index contributed by atoms with van der Waals surface area (Å²) in [5, 5.41) is 8.57. The van der Waals surface area contributed by atoms with Crippen LogP contribution in [0.1, 0.15) is 45.4 Å². The summed E-state index contributed by atoms with van der Waals surface area (Å²) in [6.07, 6.45) is 4.97. The predicted octanol–water partition coefficient (Wildman–Crippen LogP) is 2.17. The van der Waals surface area contributed by atoms with E-state index in [-0.39, 0.29) is 12.5 Å². The van der Waals surface area contributed by atoms with Gasteiger partial charge in [0.05, 0.1) is 0 Å². The van der Waals surface area contributed by atoms with E-state index in [9.17, 15) is 9.59 Å². The van der Waals surface area contributed by atoms with Crippen LogP contribution >= 0.6 is 0 Å². The maximum absolute atomic E-state index is 12.2. The monoisotopic (exact) mass is 256 g/mol. The highest BCUT2D eigenvalue weighted by Crippen LogP contribution is 2.28. The molecule has 1 saturated carbocycles. The number of aliphatic carboxylic acids is 1. The molecule has 0 atom stereocenters. The Hall–Kier alpha value is -1.26. The van der Waals surface area contributed by atoms with E-state index < -0.39 is 5.97 Å². The van der Waals surface area contributed by atoms with Gasteiger partial charge in [0, 0.05) is 32.6 Å². The number of carboxylic acids is 1. The number of amides is 2. The lowest BCUT2D eigenvalue weighted by atomic mass is 10.3. The highest BCUT2D eigenvalue weighted by Gasteiger charge is 2.33. The number of carboxylic acid groups (broad SMARTS) is 1. The van der Waals surface area contributed by atoms with Crippen molar-refractivity contribution < 1.29 is 14.7 Å². The minimum absolute atomic E-state index is 0.0522. The van der Waals surface area contributed by atoms with E-state index in [1.807, 2.05) is 4.90 Å². The highest BCUT2D eigenvalue weighted by atomic mass is 16.4. The van der Waals surface area contributed by atoms with Gasteiger partial charge in [0.25, 0.3) is 0 Å². The summed E-state index contributed by atoms with van der Waals surface area (Å²) in [5.41, 5.74) is 0. The van der Waals surface area contributed by atoms with Gasteiger partial charge in [-0.3, -0.25) is 4.79 Å². The normalized spacial score (nSPS) is 14.3. The molecule has 5 heteroatoms. The molecule has 18 heavy (non-hydrogen) atoms. The summed E-state index contributed by atoms with van der Waals surface area (Å²) in [6.45, 7) is 3.45. The third-order valence-corrected chi connectivity index (χ3v) is 3.20. The zero-order chi connectivity index (χ0) is 13.5. The average molecular weight is 256 g/mol. The van der Waals surface area contributed by atoms with Crippen LogP contribution in [-0.4, -0.2) is 53.1 Å². The first-order valence-corrected chi connectivity index (χ1v) is 6.79. The Morgan fingerprint density at radius 1 is 1.22 bits per heavy atom. The SMILES string of the molecule is CCCCN(C(=O)N(C)CCCC(=O)O)C1CC1. The van der Waals surface area contributed by atoms with Crippen molar-refractivity contribution in [3.63, 3.8) is 0 Å². The first-order chi connectivity index (χ1) is 8.56. The van der Waals surface area contributed by atoms with Crippen LogP contribution in [0.4, 0.5) is 4.79 Å². The number of unbranched alkanes of at least 4 members (excludes halogenated alkanes) is 1. The molecule has 1 fully saturated rings. The van der Waals surface area contributed by atoms with Gasteiger partial charge in [-0.25, -0.2) is 4.79 Å². The van der Waals surface area contributed by atoms with Crippen LogP contribution in [0.2, 0.25) is 0 Å². The minimum Gasteiger partial charge on any atom is -0.481 e. The maximum Gasteiger partial charge on any atom is 0.319 e. The smallest absolute Gasteiger partial charge is 0.319 e. The molecular weight excluding hydrogens is 232 g/mol. The molecule has 0 heterocycles. The highest BCUT2D eigenvalue weighted by molar-refractivity contribution is 5.75. The van der Waals surface area contributed by atoms with Crippen LogP contribution < -0.4 is 0 Å². The molecule has 1 N–H and O–H groups in total. The van der Waals surface area contributed by atoms with Gasteiger partial charge in [-0.2, -0.15) is 0 Å². The maximum atomic E-state index is 12.2. The molecule has 0 aliphatic heterocycles. The van der Waals surface area contributed by atoms with Crippen molar-refractivity contribution in [3.8, 4) is 0 Å². The predicted molar refractivity (Wildman–Crippen MR) is 69.5 cm³/mol. The van der Waals surface area contributed by atoms with Crippen LogP contribution in [0, 0.1) is 0 Å². The van der Waals surface area contributed by atoms with Crippen LogP contribution in [-0.2, 0) is 4.79 Å². The first-order valence-electron chi connectivity index (χ1n) is 6.79. The summed E-state index contributed by atoms with van der Waals surface area (Å²) in [6, 6.07) is 0.474. The molecule has 0 aromatic carbocycles. The van der Waals surface area contributed by atoms with Crippen LogP contribution in [0.5, 0.6) is 0 Å². The van der Waals surface area contributed by atoms with Crippen molar-refractivity contribution >= 4 is 12.0 Å². The lowest BCUT2D eigenvalue weighted by Crippen LogP contribution is -2.43. The second-order valence-electron chi connectivity index (χ2n) is 4.98. The summed E-state index contributed by atoms with van der Waals surface area (Å²) >= 11 is 0. The molecule has 0 unspecified atom stereocenters. The van der Waals surface area contributed by atoms with Crippen molar-refractivity contribution in [1.29, 1.82) is 0 Å². The second-order valence-corrected chi connectivity index (χ2v) is 4.98. The molecule has 2 amide bonds. The first kappa shape index (κ1) is 14.8. The third-order valence-electron chi connectivity index (χ3n) is 3.20. The fourth-order valence-corrected chi connectivity index (χ4v) is 1.93. The van der Waals surface area contributed by atoms with E-state index >= 15 is 0 Å². The van der Waals surface area contributed by atoms with Crippen LogP contribution in [0.15, 0.2) is 0 Å². The zero-order valence-electron chi connectivity index (χ0n) is 11.4. The third kappa shape index (κ3) is 4.94. The van der Waals surface area contributed by atoms with Gasteiger partial charge in [0.15, 0.2) is 0 Å². The van der Waals surface area contributed by atoms with Gasteiger partial charge in [-0.05, 0) is 25.7 Å². The fourth-order valence-electron chi connectivity index (χ4n) is 1.93. The molecule has 1 aliphatic rings. The molecule has 1 aliphatic carbocycles. The second kappa shape index (κ2) is 7.24. The lowest BCUT2D eigenvalue weighted by molar-refractivity contribution is -0.137. The number of rotatable bonds is 8. The van der Waals surface area contributed by atoms with Crippen molar-refractivity contribution in [2.45, 2.75) is 51.5 Å². The van der Waals surface area contributed by atoms with Crippen molar-refractivity contribution in [2.24, 2.45) is 0 Å². The van der Waals surface area contributed by atoms with Crippen LogP contribution in [0.3, 0.4) is 0 Å². The summed E-state index contributed by atoms with van der Waals surface area (Å²) in [5.74, 6) is -0.805. The Morgan fingerprint density at radius 3 is 2.39 bits per heavy atom. The molecule has 0 spiro atoms. The van der Waals surface area contributed by atoms with Gasteiger partial charge in [-0.15, -0.1) is 0 Å².